The highest BCUT2D eigenvalue weighted by Gasteiger charge is 2.32. The monoisotopic (exact) mass is 241 g/mol. The van der Waals surface area contributed by atoms with Crippen LogP contribution in [0.4, 0.5) is 0 Å². The highest BCUT2D eigenvalue weighted by atomic mass is 16.1. The molecule has 1 saturated carbocycles. The van der Waals surface area contributed by atoms with E-state index in [2.05, 4.69) is 21.5 Å². The molecule has 1 N–H and O–H groups in total. The van der Waals surface area contributed by atoms with E-state index in [0.717, 1.165) is 12.8 Å². The summed E-state index contributed by atoms with van der Waals surface area (Å²) in [4.78, 5) is 16.0. The molecule has 1 aliphatic carbocycles. The third-order valence-corrected chi connectivity index (χ3v) is 3.09. The van der Waals surface area contributed by atoms with Gasteiger partial charge in [0.05, 0.1) is 29.5 Å². The van der Waals surface area contributed by atoms with E-state index in [4.69, 9.17) is 5.26 Å². The first-order valence-electron chi connectivity index (χ1n) is 5.77. The fraction of sp³-hybridized carbons (Fsp3) is 0.333. The van der Waals surface area contributed by atoms with Crippen LogP contribution in [0.1, 0.15) is 23.2 Å². The Labute approximate surface area is 103 Å². The minimum Gasteiger partial charge on any atom is -0.336 e. The third-order valence-electron chi connectivity index (χ3n) is 3.09. The van der Waals surface area contributed by atoms with Crippen LogP contribution in [0, 0.1) is 17.2 Å². The number of nitrogens with zero attached hydrogens (tertiary/aromatic N) is 4. The van der Waals surface area contributed by atoms with Crippen molar-refractivity contribution in [3.05, 3.63) is 30.4 Å². The zero-order valence-corrected chi connectivity index (χ0v) is 9.58. The molecular formula is C12H11N5O. The van der Waals surface area contributed by atoms with Crippen molar-refractivity contribution in [1.29, 1.82) is 5.26 Å². The molecule has 0 bridgehead atoms. The van der Waals surface area contributed by atoms with Gasteiger partial charge in [0, 0.05) is 12.4 Å². The molecule has 2 aromatic rings. The maximum atomic E-state index is 12.1. The van der Waals surface area contributed by atoms with Gasteiger partial charge < -0.3 is 5.32 Å². The Balaban J connectivity index is 1.86. The van der Waals surface area contributed by atoms with Gasteiger partial charge in [0.15, 0.2) is 0 Å². The number of amides is 1. The second-order valence-electron chi connectivity index (χ2n) is 4.38. The molecule has 2 heterocycles. The molecule has 0 spiro atoms. The van der Waals surface area contributed by atoms with Crippen molar-refractivity contribution in [2.45, 2.75) is 18.9 Å². The van der Waals surface area contributed by atoms with Crippen LogP contribution >= 0.6 is 0 Å². The van der Waals surface area contributed by atoms with Crippen molar-refractivity contribution in [2.75, 3.05) is 0 Å². The van der Waals surface area contributed by atoms with Gasteiger partial charge in [-0.25, -0.2) is 4.52 Å². The minimum atomic E-state index is -0.399. The number of nitrogens with one attached hydrogen (secondary N) is 1. The van der Waals surface area contributed by atoms with E-state index < -0.39 is 6.04 Å². The maximum absolute atomic E-state index is 12.1. The number of hydrogen-bond acceptors (Lipinski definition) is 4. The van der Waals surface area contributed by atoms with Gasteiger partial charge in [0.2, 0.25) is 0 Å². The SMILES string of the molecule is N#CC(NC(=O)c1cnn2ccncc12)C1CC1. The molecule has 0 saturated heterocycles. The van der Waals surface area contributed by atoms with E-state index in [1.165, 1.54) is 6.20 Å². The zero-order valence-electron chi connectivity index (χ0n) is 9.58. The summed E-state index contributed by atoms with van der Waals surface area (Å²) in [5.74, 6) is 0.0374. The summed E-state index contributed by atoms with van der Waals surface area (Å²) in [5, 5.41) is 15.8. The summed E-state index contributed by atoms with van der Waals surface area (Å²) < 4.78 is 1.58. The van der Waals surface area contributed by atoms with Gasteiger partial charge in [-0.05, 0) is 18.8 Å². The summed E-state index contributed by atoms with van der Waals surface area (Å²) in [6.45, 7) is 0. The minimum absolute atomic E-state index is 0.267. The molecule has 6 nitrogen and oxygen atoms in total. The van der Waals surface area contributed by atoms with E-state index >= 15 is 0 Å². The quantitative estimate of drug-likeness (QED) is 0.860. The Kier molecular flexibility index (Phi) is 2.45. The van der Waals surface area contributed by atoms with Crippen molar-refractivity contribution in [3.63, 3.8) is 0 Å². The standard InChI is InChI=1S/C12H11N5O/c13-5-10(8-1-2-8)16-12(18)9-6-15-17-4-3-14-7-11(9)17/h3-4,6-8,10H,1-2H2,(H,16,18). The number of fused-ring (bicyclic) bond motifs is 1. The number of carbonyl (C=O) groups is 1. The number of aromatic nitrogens is 3. The lowest BCUT2D eigenvalue weighted by molar-refractivity contribution is 0.0943. The van der Waals surface area contributed by atoms with Crippen LogP contribution in [-0.4, -0.2) is 26.5 Å². The van der Waals surface area contributed by atoms with Gasteiger partial charge in [-0.1, -0.05) is 0 Å². The lowest BCUT2D eigenvalue weighted by Gasteiger charge is -2.09. The van der Waals surface area contributed by atoms with Crippen LogP contribution in [0.2, 0.25) is 0 Å². The van der Waals surface area contributed by atoms with Crippen LogP contribution in [0.15, 0.2) is 24.8 Å². The molecule has 90 valence electrons. The molecule has 3 rings (SSSR count). The van der Waals surface area contributed by atoms with E-state index in [9.17, 15) is 4.79 Å². The molecule has 1 atom stereocenters. The number of rotatable bonds is 3. The van der Waals surface area contributed by atoms with E-state index in [-0.39, 0.29) is 5.91 Å². The smallest absolute Gasteiger partial charge is 0.256 e. The normalized spacial score (nSPS) is 16.2. The maximum Gasteiger partial charge on any atom is 0.256 e. The van der Waals surface area contributed by atoms with Gasteiger partial charge in [0.1, 0.15) is 6.04 Å². The molecule has 1 unspecified atom stereocenters. The summed E-state index contributed by atoms with van der Waals surface area (Å²) in [6, 6.07) is 1.73. The Bertz CT molecular complexity index is 637. The highest BCUT2D eigenvalue weighted by molar-refractivity contribution is 6.00. The van der Waals surface area contributed by atoms with Gasteiger partial charge in [-0.3, -0.25) is 9.78 Å². The first-order valence-corrected chi connectivity index (χ1v) is 5.77. The van der Waals surface area contributed by atoms with Crippen LogP contribution in [0.25, 0.3) is 5.52 Å². The first kappa shape index (κ1) is 10.7. The molecule has 0 aromatic carbocycles. The Morgan fingerprint density at radius 1 is 1.56 bits per heavy atom. The average Bonchev–Trinajstić information content (AvgIpc) is 3.14. The summed E-state index contributed by atoms with van der Waals surface area (Å²) in [5.41, 5.74) is 1.09. The average molecular weight is 241 g/mol. The highest BCUT2D eigenvalue weighted by Crippen LogP contribution is 2.32. The Morgan fingerprint density at radius 3 is 3.11 bits per heavy atom. The fourth-order valence-electron chi connectivity index (χ4n) is 1.91. The lowest BCUT2D eigenvalue weighted by Crippen LogP contribution is -2.35. The summed E-state index contributed by atoms with van der Waals surface area (Å²) in [6.07, 6.45) is 8.37. The van der Waals surface area contributed by atoms with Gasteiger partial charge in [0.25, 0.3) is 5.91 Å². The molecule has 0 aliphatic heterocycles. The molecule has 6 heteroatoms. The molecule has 2 aromatic heterocycles. The lowest BCUT2D eigenvalue weighted by atomic mass is 10.2. The van der Waals surface area contributed by atoms with Crippen molar-refractivity contribution < 1.29 is 4.79 Å². The van der Waals surface area contributed by atoms with Crippen LogP contribution < -0.4 is 5.32 Å². The zero-order chi connectivity index (χ0) is 12.5. The topological polar surface area (TPSA) is 83.1 Å². The Hall–Kier alpha value is -2.42. The predicted octanol–water partition coefficient (Wildman–Crippen LogP) is 0.761. The van der Waals surface area contributed by atoms with Gasteiger partial charge in [-0.2, -0.15) is 10.4 Å². The van der Waals surface area contributed by atoms with Gasteiger partial charge in [-0.15, -0.1) is 0 Å². The fourth-order valence-corrected chi connectivity index (χ4v) is 1.91. The first-order chi connectivity index (χ1) is 8.79. The van der Waals surface area contributed by atoms with E-state index in [0.29, 0.717) is 17.0 Å². The molecule has 1 aliphatic rings. The van der Waals surface area contributed by atoms with Crippen molar-refractivity contribution in [1.82, 2.24) is 19.9 Å². The number of hydrogen-bond donors (Lipinski definition) is 1. The second kappa shape index (κ2) is 4.11. The molecule has 1 amide bonds. The van der Waals surface area contributed by atoms with Crippen LogP contribution in [0.5, 0.6) is 0 Å². The van der Waals surface area contributed by atoms with E-state index in [1.807, 2.05) is 0 Å². The molecule has 18 heavy (non-hydrogen) atoms. The largest absolute Gasteiger partial charge is 0.336 e. The van der Waals surface area contributed by atoms with Crippen molar-refractivity contribution in [2.24, 2.45) is 5.92 Å². The predicted molar refractivity (Wildman–Crippen MR) is 62.6 cm³/mol. The summed E-state index contributed by atoms with van der Waals surface area (Å²) in [7, 11) is 0. The second-order valence-corrected chi connectivity index (χ2v) is 4.38. The van der Waals surface area contributed by atoms with Crippen molar-refractivity contribution in [3.8, 4) is 6.07 Å². The van der Waals surface area contributed by atoms with E-state index in [1.54, 1.807) is 23.1 Å². The van der Waals surface area contributed by atoms with Crippen LogP contribution in [0.3, 0.4) is 0 Å². The molecule has 0 radical (unpaired) electrons. The number of carbonyl (C=O) groups excluding carboxylic acids is 1. The van der Waals surface area contributed by atoms with Crippen molar-refractivity contribution >= 4 is 11.4 Å². The molecule has 1 fully saturated rings. The van der Waals surface area contributed by atoms with Gasteiger partial charge >= 0.3 is 0 Å². The summed E-state index contributed by atoms with van der Waals surface area (Å²) >= 11 is 0. The third kappa shape index (κ3) is 1.80. The Morgan fingerprint density at radius 2 is 2.39 bits per heavy atom. The number of nitriles is 1. The van der Waals surface area contributed by atoms with Crippen LogP contribution in [-0.2, 0) is 0 Å². The molecular weight excluding hydrogens is 230 g/mol.